The van der Waals surface area contributed by atoms with Gasteiger partial charge in [-0.2, -0.15) is 5.26 Å². The molecule has 1 rings (SSSR count). The first kappa shape index (κ1) is 13.5. The van der Waals surface area contributed by atoms with Crippen LogP contribution in [-0.4, -0.2) is 24.3 Å². The van der Waals surface area contributed by atoms with Crippen LogP contribution in [0.5, 0.6) is 0 Å². The van der Waals surface area contributed by atoms with E-state index in [0.717, 1.165) is 5.69 Å². The molecule has 0 saturated heterocycles. The van der Waals surface area contributed by atoms with Gasteiger partial charge in [-0.15, -0.1) is 0 Å². The van der Waals surface area contributed by atoms with Gasteiger partial charge in [0, 0.05) is 24.9 Å². The fraction of sp³-hybridized carbons (Fsp3) is 0.462. The molecule has 0 aliphatic carbocycles. The summed E-state index contributed by atoms with van der Waals surface area (Å²) in [5.41, 5.74) is 0.796. The van der Waals surface area contributed by atoms with E-state index < -0.39 is 5.82 Å². The molecule has 92 valence electrons. The SMILES string of the molecule is CC(C)N(CCCO)c1ccc(C#N)c(F)c1. The van der Waals surface area contributed by atoms with Crippen LogP contribution in [0.3, 0.4) is 0 Å². The second-order valence-corrected chi connectivity index (χ2v) is 4.14. The lowest BCUT2D eigenvalue weighted by atomic mass is 10.1. The Hall–Kier alpha value is -1.60. The molecule has 0 bridgehead atoms. The molecular weight excluding hydrogens is 219 g/mol. The number of nitriles is 1. The summed E-state index contributed by atoms with van der Waals surface area (Å²) in [4.78, 5) is 2.00. The van der Waals surface area contributed by atoms with Crippen LogP contribution >= 0.6 is 0 Å². The van der Waals surface area contributed by atoms with Crippen LogP contribution in [0.2, 0.25) is 0 Å². The minimum atomic E-state index is -0.500. The first-order valence-corrected chi connectivity index (χ1v) is 5.67. The smallest absolute Gasteiger partial charge is 0.143 e. The molecule has 0 aliphatic rings. The van der Waals surface area contributed by atoms with Crippen molar-refractivity contribution in [2.45, 2.75) is 26.3 Å². The molecule has 0 unspecified atom stereocenters. The number of hydrogen-bond donors (Lipinski definition) is 1. The number of nitrogens with zero attached hydrogens (tertiary/aromatic N) is 2. The fourth-order valence-corrected chi connectivity index (χ4v) is 1.70. The second kappa shape index (κ2) is 6.21. The van der Waals surface area contributed by atoms with Crippen molar-refractivity contribution in [3.05, 3.63) is 29.6 Å². The monoisotopic (exact) mass is 236 g/mol. The molecular formula is C13H17FN2O. The van der Waals surface area contributed by atoms with Crippen LogP contribution in [0.4, 0.5) is 10.1 Å². The molecule has 0 spiro atoms. The number of benzene rings is 1. The third-order valence-electron chi connectivity index (χ3n) is 2.59. The van der Waals surface area contributed by atoms with Crippen LogP contribution in [0.15, 0.2) is 18.2 Å². The molecule has 3 nitrogen and oxygen atoms in total. The highest BCUT2D eigenvalue weighted by Crippen LogP contribution is 2.20. The highest BCUT2D eigenvalue weighted by Gasteiger charge is 2.12. The number of rotatable bonds is 5. The van der Waals surface area contributed by atoms with Gasteiger partial charge in [-0.3, -0.25) is 0 Å². The Balaban J connectivity index is 2.95. The van der Waals surface area contributed by atoms with Crippen molar-refractivity contribution < 1.29 is 9.50 Å². The maximum absolute atomic E-state index is 13.5. The predicted molar refractivity (Wildman–Crippen MR) is 65.3 cm³/mol. The Morgan fingerprint density at radius 2 is 2.18 bits per heavy atom. The lowest BCUT2D eigenvalue weighted by molar-refractivity contribution is 0.288. The van der Waals surface area contributed by atoms with E-state index in [0.29, 0.717) is 13.0 Å². The molecule has 0 aromatic heterocycles. The van der Waals surface area contributed by atoms with Crippen LogP contribution in [0.1, 0.15) is 25.8 Å². The van der Waals surface area contributed by atoms with Crippen LogP contribution < -0.4 is 4.90 Å². The summed E-state index contributed by atoms with van der Waals surface area (Å²) in [6.07, 6.45) is 0.639. The molecule has 0 atom stereocenters. The van der Waals surface area contributed by atoms with Gasteiger partial charge in [0.25, 0.3) is 0 Å². The zero-order valence-corrected chi connectivity index (χ0v) is 10.2. The van der Waals surface area contributed by atoms with Gasteiger partial charge in [-0.25, -0.2) is 4.39 Å². The average Bonchev–Trinajstić information content (AvgIpc) is 2.29. The zero-order valence-electron chi connectivity index (χ0n) is 10.2. The van der Waals surface area contributed by atoms with E-state index in [2.05, 4.69) is 0 Å². The molecule has 1 N–H and O–H groups in total. The number of aliphatic hydroxyl groups is 1. The Kier molecular flexibility index (Phi) is 4.92. The van der Waals surface area contributed by atoms with Gasteiger partial charge < -0.3 is 10.0 Å². The van der Waals surface area contributed by atoms with E-state index in [1.165, 1.54) is 12.1 Å². The summed E-state index contributed by atoms with van der Waals surface area (Å²) in [6, 6.07) is 6.61. The quantitative estimate of drug-likeness (QED) is 0.853. The van der Waals surface area contributed by atoms with E-state index in [1.807, 2.05) is 18.7 Å². The van der Waals surface area contributed by atoms with Crippen LogP contribution in [0.25, 0.3) is 0 Å². The molecule has 17 heavy (non-hydrogen) atoms. The number of hydrogen-bond acceptors (Lipinski definition) is 3. The minimum absolute atomic E-state index is 0.0552. The third-order valence-corrected chi connectivity index (χ3v) is 2.59. The molecule has 4 heteroatoms. The normalized spacial score (nSPS) is 10.4. The highest BCUT2D eigenvalue weighted by atomic mass is 19.1. The van der Waals surface area contributed by atoms with E-state index in [9.17, 15) is 4.39 Å². The first-order chi connectivity index (χ1) is 8.10. The lowest BCUT2D eigenvalue weighted by Gasteiger charge is -2.29. The third kappa shape index (κ3) is 3.43. The average molecular weight is 236 g/mol. The summed E-state index contributed by atoms with van der Waals surface area (Å²) >= 11 is 0. The van der Waals surface area contributed by atoms with Crippen molar-refractivity contribution in [3.8, 4) is 6.07 Å². The highest BCUT2D eigenvalue weighted by molar-refractivity contribution is 5.51. The maximum atomic E-state index is 13.5. The largest absolute Gasteiger partial charge is 0.396 e. The Labute approximate surface area is 101 Å². The van der Waals surface area contributed by atoms with Gasteiger partial charge in [0.15, 0.2) is 0 Å². The molecule has 0 radical (unpaired) electrons. The van der Waals surface area contributed by atoms with Gasteiger partial charge in [0.05, 0.1) is 5.56 Å². The molecule has 0 fully saturated rings. The van der Waals surface area contributed by atoms with Gasteiger partial charge in [0.2, 0.25) is 0 Å². The van der Waals surface area contributed by atoms with Crippen molar-refractivity contribution in [2.24, 2.45) is 0 Å². The maximum Gasteiger partial charge on any atom is 0.143 e. The lowest BCUT2D eigenvalue weighted by Crippen LogP contribution is -2.32. The van der Waals surface area contributed by atoms with Crippen molar-refractivity contribution in [1.29, 1.82) is 5.26 Å². The molecule has 0 heterocycles. The summed E-state index contributed by atoms with van der Waals surface area (Å²) in [5.74, 6) is -0.500. The number of aliphatic hydroxyl groups excluding tert-OH is 1. The van der Waals surface area contributed by atoms with Crippen molar-refractivity contribution in [2.75, 3.05) is 18.1 Å². The Morgan fingerprint density at radius 1 is 1.47 bits per heavy atom. The topological polar surface area (TPSA) is 47.3 Å². The van der Waals surface area contributed by atoms with Gasteiger partial charge in [-0.05, 0) is 38.5 Å². The molecule has 1 aromatic carbocycles. The molecule has 0 aliphatic heterocycles. The summed E-state index contributed by atoms with van der Waals surface area (Å²) < 4.78 is 13.5. The van der Waals surface area contributed by atoms with E-state index in [-0.39, 0.29) is 18.2 Å². The van der Waals surface area contributed by atoms with Crippen molar-refractivity contribution >= 4 is 5.69 Å². The molecule has 1 aromatic rings. The van der Waals surface area contributed by atoms with Crippen molar-refractivity contribution in [3.63, 3.8) is 0 Å². The Bertz CT molecular complexity index is 412. The van der Waals surface area contributed by atoms with E-state index >= 15 is 0 Å². The standard InChI is InChI=1S/C13H17FN2O/c1-10(2)16(6-3-7-17)12-5-4-11(9-15)13(14)8-12/h4-5,8,10,17H,3,6-7H2,1-2H3. The summed E-state index contributed by atoms with van der Waals surface area (Å²) in [5, 5.41) is 17.5. The first-order valence-electron chi connectivity index (χ1n) is 5.67. The second-order valence-electron chi connectivity index (χ2n) is 4.14. The fourth-order valence-electron chi connectivity index (χ4n) is 1.70. The van der Waals surface area contributed by atoms with E-state index in [4.69, 9.17) is 10.4 Å². The van der Waals surface area contributed by atoms with Gasteiger partial charge in [-0.1, -0.05) is 0 Å². The molecule has 0 saturated carbocycles. The number of anilines is 1. The minimum Gasteiger partial charge on any atom is -0.396 e. The van der Waals surface area contributed by atoms with Crippen LogP contribution in [-0.2, 0) is 0 Å². The van der Waals surface area contributed by atoms with Crippen LogP contribution in [0, 0.1) is 17.1 Å². The molecule has 0 amide bonds. The predicted octanol–water partition coefficient (Wildman–Crippen LogP) is 2.29. The van der Waals surface area contributed by atoms with Gasteiger partial charge >= 0.3 is 0 Å². The van der Waals surface area contributed by atoms with Gasteiger partial charge in [0.1, 0.15) is 11.9 Å². The summed E-state index contributed by atoms with van der Waals surface area (Å²) in [6.45, 7) is 4.79. The van der Waals surface area contributed by atoms with Crippen molar-refractivity contribution in [1.82, 2.24) is 0 Å². The van der Waals surface area contributed by atoms with E-state index in [1.54, 1.807) is 12.1 Å². The number of halogens is 1. The Morgan fingerprint density at radius 3 is 2.65 bits per heavy atom. The zero-order chi connectivity index (χ0) is 12.8. The summed E-state index contributed by atoms with van der Waals surface area (Å²) in [7, 11) is 0.